The van der Waals surface area contributed by atoms with E-state index in [-0.39, 0.29) is 23.4 Å². The summed E-state index contributed by atoms with van der Waals surface area (Å²) in [6.45, 7) is 8.23. The molecule has 7 nitrogen and oxygen atoms in total. The molecule has 1 amide bonds. The molecule has 0 saturated carbocycles. The molecule has 8 heteroatoms. The fraction of sp³-hybridized carbons (Fsp3) is 0.333. The third kappa shape index (κ3) is 4.05. The van der Waals surface area contributed by atoms with Crippen molar-refractivity contribution in [2.45, 2.75) is 57.7 Å². The highest BCUT2D eigenvalue weighted by atomic mass is 32.2. The van der Waals surface area contributed by atoms with E-state index in [1.807, 2.05) is 56.3 Å². The van der Waals surface area contributed by atoms with Gasteiger partial charge in [0, 0.05) is 16.7 Å². The molecule has 2 heterocycles. The van der Waals surface area contributed by atoms with Gasteiger partial charge in [0.15, 0.2) is 5.16 Å². The quantitative estimate of drug-likeness (QED) is 0.394. The molecule has 0 aliphatic heterocycles. The van der Waals surface area contributed by atoms with Gasteiger partial charge < -0.3 is 5.32 Å². The molecule has 2 aromatic heterocycles. The minimum Gasteiger partial charge on any atom is -0.324 e. The van der Waals surface area contributed by atoms with Gasteiger partial charge in [-0.15, -0.1) is 5.10 Å². The Hall–Kier alpha value is -3.39. The minimum atomic E-state index is -0.325. The normalized spacial score (nSPS) is 16.7. The fourth-order valence-corrected chi connectivity index (χ4v) is 5.51. The lowest BCUT2D eigenvalue weighted by Crippen LogP contribution is -2.38. The summed E-state index contributed by atoms with van der Waals surface area (Å²) in [6, 6.07) is 15.8. The van der Waals surface area contributed by atoms with Gasteiger partial charge in [-0.05, 0) is 43.2 Å². The Morgan fingerprint density at radius 1 is 1.14 bits per heavy atom. The van der Waals surface area contributed by atoms with Crippen LogP contribution in [0, 0.1) is 6.92 Å². The number of hydrogen-bond acceptors (Lipinski definition) is 5. The zero-order chi connectivity index (χ0) is 24.7. The minimum absolute atomic E-state index is 0.0421. The Morgan fingerprint density at radius 2 is 1.89 bits per heavy atom. The first-order valence-corrected chi connectivity index (χ1v) is 12.9. The number of nitrogens with zero attached hydrogens (tertiary/aromatic N) is 4. The van der Waals surface area contributed by atoms with Gasteiger partial charge in [-0.1, -0.05) is 74.5 Å². The van der Waals surface area contributed by atoms with E-state index < -0.39 is 0 Å². The lowest BCUT2D eigenvalue weighted by atomic mass is 9.69. The highest BCUT2D eigenvalue weighted by Crippen LogP contribution is 2.42. The van der Waals surface area contributed by atoms with Crippen molar-refractivity contribution in [3.63, 3.8) is 0 Å². The molecule has 0 unspecified atom stereocenters. The molecule has 5 rings (SSSR count). The largest absolute Gasteiger partial charge is 0.324 e. The average Bonchev–Trinajstić information content (AvgIpc) is 3.17. The molecule has 4 aromatic rings. The van der Waals surface area contributed by atoms with Crippen molar-refractivity contribution in [1.82, 2.24) is 19.2 Å². The number of carbonyl (C=O) groups excluding carboxylic acids is 1. The van der Waals surface area contributed by atoms with Gasteiger partial charge in [-0.3, -0.25) is 9.59 Å². The van der Waals surface area contributed by atoms with Gasteiger partial charge in [0.05, 0.1) is 11.3 Å². The predicted molar refractivity (Wildman–Crippen MR) is 140 cm³/mol. The summed E-state index contributed by atoms with van der Waals surface area (Å²) in [6.07, 6.45) is 1.61. The molecule has 0 bridgehead atoms. The third-order valence-electron chi connectivity index (χ3n) is 6.83. The maximum atomic E-state index is 14.0. The van der Waals surface area contributed by atoms with E-state index in [1.165, 1.54) is 17.3 Å². The molecule has 0 saturated heterocycles. The summed E-state index contributed by atoms with van der Waals surface area (Å²) in [5, 5.41) is 8.13. The van der Waals surface area contributed by atoms with E-state index in [4.69, 9.17) is 4.98 Å². The first-order valence-electron chi connectivity index (χ1n) is 12.0. The van der Waals surface area contributed by atoms with Gasteiger partial charge in [-0.25, -0.2) is 14.1 Å². The topological polar surface area (TPSA) is 81.3 Å². The number of hydrogen-bond donors (Lipinski definition) is 1. The van der Waals surface area contributed by atoms with E-state index in [9.17, 15) is 9.59 Å². The maximum absolute atomic E-state index is 14.0. The molecule has 2 aromatic carbocycles. The molecule has 1 atom stereocenters. The summed E-state index contributed by atoms with van der Waals surface area (Å²) >= 11 is 1.48. The van der Waals surface area contributed by atoms with Crippen molar-refractivity contribution in [2.24, 2.45) is 0 Å². The molecule has 35 heavy (non-hydrogen) atoms. The van der Waals surface area contributed by atoms with Gasteiger partial charge in [0.25, 0.3) is 5.56 Å². The Labute approximate surface area is 208 Å². The van der Waals surface area contributed by atoms with E-state index in [2.05, 4.69) is 30.3 Å². The number of anilines is 1. The number of aryl methyl sites for hydroxylation is 1. The second-order valence-corrected chi connectivity index (χ2v) is 10.5. The van der Waals surface area contributed by atoms with Gasteiger partial charge in [0.1, 0.15) is 6.54 Å². The monoisotopic (exact) mass is 487 g/mol. The van der Waals surface area contributed by atoms with Crippen LogP contribution in [0.25, 0.3) is 17.0 Å². The SMILES string of the molecule is CCSc1nn(CC(=O)Nc2ccc(C)cc2)c2nc3c(c(=O)n12)[C@@](C)(CC)Cc1ccccc1-3. The molecule has 0 fully saturated rings. The summed E-state index contributed by atoms with van der Waals surface area (Å²) in [4.78, 5) is 31.9. The first-order chi connectivity index (χ1) is 16.8. The smallest absolute Gasteiger partial charge is 0.265 e. The van der Waals surface area contributed by atoms with Crippen LogP contribution < -0.4 is 10.9 Å². The fourth-order valence-electron chi connectivity index (χ4n) is 4.80. The number of amides is 1. The predicted octanol–water partition coefficient (Wildman–Crippen LogP) is 4.84. The average molecular weight is 488 g/mol. The van der Waals surface area contributed by atoms with E-state index in [0.29, 0.717) is 16.6 Å². The molecule has 0 spiro atoms. The van der Waals surface area contributed by atoms with Crippen LogP contribution in [0.5, 0.6) is 0 Å². The van der Waals surface area contributed by atoms with Crippen molar-refractivity contribution in [2.75, 3.05) is 11.1 Å². The van der Waals surface area contributed by atoms with Gasteiger partial charge in [0.2, 0.25) is 11.7 Å². The first kappa shape index (κ1) is 23.4. The van der Waals surface area contributed by atoms with Crippen molar-refractivity contribution >= 4 is 29.1 Å². The number of rotatable bonds is 6. The highest BCUT2D eigenvalue weighted by molar-refractivity contribution is 7.99. The molecule has 1 aliphatic carbocycles. The lowest BCUT2D eigenvalue weighted by Gasteiger charge is -2.35. The Morgan fingerprint density at radius 3 is 2.60 bits per heavy atom. The van der Waals surface area contributed by atoms with Crippen LogP contribution >= 0.6 is 11.8 Å². The number of thioether (sulfide) groups is 1. The Balaban J connectivity index is 1.66. The summed E-state index contributed by atoms with van der Waals surface area (Å²) in [7, 11) is 0. The third-order valence-corrected chi connectivity index (χ3v) is 7.64. The molecule has 180 valence electrons. The zero-order valence-corrected chi connectivity index (χ0v) is 21.3. The van der Waals surface area contributed by atoms with Crippen LogP contribution in [-0.2, 0) is 23.2 Å². The van der Waals surface area contributed by atoms with Crippen LogP contribution in [0.15, 0.2) is 58.5 Å². The number of carbonyl (C=O) groups is 1. The van der Waals surface area contributed by atoms with Crippen molar-refractivity contribution < 1.29 is 4.79 Å². The van der Waals surface area contributed by atoms with Gasteiger partial charge in [-0.2, -0.15) is 0 Å². The Bertz CT molecular complexity index is 1490. The molecule has 1 N–H and O–H groups in total. The lowest BCUT2D eigenvalue weighted by molar-refractivity contribution is -0.116. The van der Waals surface area contributed by atoms with E-state index in [1.54, 1.807) is 9.08 Å². The van der Waals surface area contributed by atoms with E-state index >= 15 is 0 Å². The van der Waals surface area contributed by atoms with Crippen LogP contribution in [0.4, 0.5) is 5.69 Å². The Kier molecular flexibility index (Phi) is 6.01. The number of fused-ring (bicyclic) bond motifs is 4. The number of aromatic nitrogens is 4. The van der Waals surface area contributed by atoms with Crippen LogP contribution in [0.2, 0.25) is 0 Å². The molecule has 1 aliphatic rings. The van der Waals surface area contributed by atoms with Crippen molar-refractivity contribution in [1.29, 1.82) is 0 Å². The summed E-state index contributed by atoms with van der Waals surface area (Å²) < 4.78 is 3.14. The van der Waals surface area contributed by atoms with Crippen LogP contribution in [-0.4, -0.2) is 30.8 Å². The summed E-state index contributed by atoms with van der Waals surface area (Å²) in [5.74, 6) is 0.913. The zero-order valence-electron chi connectivity index (χ0n) is 20.5. The second-order valence-electron chi connectivity index (χ2n) is 9.31. The van der Waals surface area contributed by atoms with E-state index in [0.717, 1.165) is 41.0 Å². The van der Waals surface area contributed by atoms with Crippen molar-refractivity contribution in [3.8, 4) is 11.3 Å². The standard InChI is InChI=1S/C27H29N5O2S/c1-5-27(4)15-18-9-7-8-10-20(18)23-22(27)24(34)32-25(29-23)31(30-26(32)35-6-2)16-21(33)28-19-13-11-17(3)12-14-19/h7-14H,5-6,15-16H2,1-4H3,(H,28,33)/t27-/m0/s1. The van der Waals surface area contributed by atoms with Gasteiger partial charge >= 0.3 is 0 Å². The molecular formula is C27H29N5O2S. The maximum Gasteiger partial charge on any atom is 0.265 e. The van der Waals surface area contributed by atoms with Crippen LogP contribution in [0.3, 0.4) is 0 Å². The number of nitrogens with one attached hydrogen (secondary N) is 1. The van der Waals surface area contributed by atoms with Crippen molar-refractivity contribution in [3.05, 3.63) is 75.6 Å². The number of benzene rings is 2. The van der Waals surface area contributed by atoms with Crippen LogP contribution in [0.1, 0.15) is 43.9 Å². The highest BCUT2D eigenvalue weighted by Gasteiger charge is 2.38. The molecular weight excluding hydrogens is 458 g/mol. The molecule has 0 radical (unpaired) electrons. The summed E-state index contributed by atoms with van der Waals surface area (Å²) in [5.41, 5.74) is 5.03. The second kappa shape index (κ2) is 9.00.